The second-order valence-electron chi connectivity index (χ2n) is 10.2. The summed E-state index contributed by atoms with van der Waals surface area (Å²) < 4.78 is 5.58. The third kappa shape index (κ3) is 5.76. The van der Waals surface area contributed by atoms with Crippen LogP contribution in [0.4, 0.5) is 4.79 Å². The molecule has 0 aromatic heterocycles. The smallest absolute Gasteiger partial charge is 0.407 e. The number of ether oxygens (including phenoxy) is 1. The van der Waals surface area contributed by atoms with Crippen LogP contribution in [0.15, 0.2) is 48.5 Å². The Morgan fingerprint density at radius 3 is 1.94 bits per heavy atom. The Morgan fingerprint density at radius 2 is 1.47 bits per heavy atom. The van der Waals surface area contributed by atoms with Gasteiger partial charge in [0.2, 0.25) is 5.91 Å². The molecule has 0 saturated heterocycles. The molecule has 2 amide bonds. The summed E-state index contributed by atoms with van der Waals surface area (Å²) in [5.41, 5.74) is 4.03. The van der Waals surface area contributed by atoms with Crippen LogP contribution in [0.2, 0.25) is 0 Å². The van der Waals surface area contributed by atoms with Crippen LogP contribution in [-0.2, 0) is 14.3 Å². The van der Waals surface area contributed by atoms with Gasteiger partial charge in [-0.05, 0) is 33.6 Å². The molecule has 182 valence electrons. The lowest BCUT2D eigenvalue weighted by molar-refractivity contribution is -0.138. The maximum Gasteiger partial charge on any atom is 0.407 e. The summed E-state index contributed by atoms with van der Waals surface area (Å²) in [5.74, 6) is -1.72. The van der Waals surface area contributed by atoms with Gasteiger partial charge < -0.3 is 20.5 Å². The quantitative estimate of drug-likeness (QED) is 0.529. The molecule has 3 N–H and O–H groups in total. The Balaban J connectivity index is 1.67. The summed E-state index contributed by atoms with van der Waals surface area (Å²) in [6.45, 7) is 9.38. The van der Waals surface area contributed by atoms with E-state index in [0.717, 1.165) is 22.3 Å². The van der Waals surface area contributed by atoms with Crippen molar-refractivity contribution >= 4 is 18.0 Å². The van der Waals surface area contributed by atoms with Gasteiger partial charge in [0.25, 0.3) is 0 Å². The number of carboxylic acids is 1. The van der Waals surface area contributed by atoms with E-state index < -0.39 is 35.5 Å². The molecule has 1 unspecified atom stereocenters. The highest BCUT2D eigenvalue weighted by Crippen LogP contribution is 2.44. The van der Waals surface area contributed by atoms with Crippen LogP contribution in [0, 0.1) is 11.3 Å². The highest BCUT2D eigenvalue weighted by atomic mass is 16.5. The van der Waals surface area contributed by atoms with E-state index in [2.05, 4.69) is 22.8 Å². The fourth-order valence-electron chi connectivity index (χ4n) is 4.31. The number of alkyl carbamates (subject to hydrolysis) is 1. The van der Waals surface area contributed by atoms with E-state index in [-0.39, 0.29) is 24.9 Å². The molecule has 0 bridgehead atoms. The Hall–Kier alpha value is -3.35. The van der Waals surface area contributed by atoms with Crippen molar-refractivity contribution in [3.8, 4) is 11.1 Å². The average molecular weight is 467 g/mol. The zero-order chi connectivity index (χ0) is 25.0. The predicted molar refractivity (Wildman–Crippen MR) is 130 cm³/mol. The first-order valence-corrected chi connectivity index (χ1v) is 11.6. The maximum absolute atomic E-state index is 13.0. The molecule has 7 nitrogen and oxygen atoms in total. The summed E-state index contributed by atoms with van der Waals surface area (Å²) in [6, 6.07) is 14.7. The van der Waals surface area contributed by atoms with Crippen molar-refractivity contribution in [1.29, 1.82) is 0 Å². The molecule has 0 radical (unpaired) electrons. The highest BCUT2D eigenvalue weighted by molar-refractivity contribution is 5.86. The normalized spacial score (nSPS) is 14.6. The van der Waals surface area contributed by atoms with Crippen molar-refractivity contribution in [2.45, 2.75) is 59.0 Å². The first kappa shape index (κ1) is 25.3. The second kappa shape index (κ2) is 10.3. The molecule has 1 aliphatic rings. The van der Waals surface area contributed by atoms with Crippen molar-refractivity contribution < 1.29 is 24.2 Å². The van der Waals surface area contributed by atoms with Crippen molar-refractivity contribution in [2.75, 3.05) is 6.61 Å². The Kier molecular flexibility index (Phi) is 7.64. The van der Waals surface area contributed by atoms with Gasteiger partial charge in [0.05, 0.1) is 6.42 Å². The molecule has 0 aliphatic heterocycles. The largest absolute Gasteiger partial charge is 0.481 e. The molecule has 0 spiro atoms. The SMILES string of the molecule is CC(C)[C@H](NC(=O)OCC1c2ccccc2-c2ccccc21)C(=O)NC(CC(=O)O)C(C)(C)C. The minimum Gasteiger partial charge on any atom is -0.481 e. The van der Waals surface area contributed by atoms with Crippen LogP contribution in [0.5, 0.6) is 0 Å². The van der Waals surface area contributed by atoms with Crippen LogP contribution < -0.4 is 10.6 Å². The Bertz CT molecular complexity index is 1010. The second-order valence-corrected chi connectivity index (χ2v) is 10.2. The predicted octanol–water partition coefficient (Wildman–Crippen LogP) is 4.56. The molecule has 0 saturated carbocycles. The van der Waals surface area contributed by atoms with Crippen LogP contribution in [0.25, 0.3) is 11.1 Å². The minimum absolute atomic E-state index is 0.0784. The van der Waals surface area contributed by atoms with Gasteiger partial charge in [-0.15, -0.1) is 0 Å². The fourth-order valence-corrected chi connectivity index (χ4v) is 4.31. The van der Waals surface area contributed by atoms with E-state index in [1.165, 1.54) is 0 Å². The van der Waals surface area contributed by atoms with E-state index >= 15 is 0 Å². The molecule has 2 aromatic carbocycles. The number of carboxylic acid groups (broad SMARTS) is 1. The lowest BCUT2D eigenvalue weighted by Gasteiger charge is -2.32. The molecule has 3 rings (SSSR count). The van der Waals surface area contributed by atoms with Crippen molar-refractivity contribution in [2.24, 2.45) is 11.3 Å². The number of hydrogen-bond donors (Lipinski definition) is 3. The van der Waals surface area contributed by atoms with E-state index in [0.29, 0.717) is 0 Å². The number of aliphatic carboxylic acids is 1. The third-order valence-electron chi connectivity index (χ3n) is 6.31. The third-order valence-corrected chi connectivity index (χ3v) is 6.31. The molecule has 1 aliphatic carbocycles. The molecule has 34 heavy (non-hydrogen) atoms. The first-order valence-electron chi connectivity index (χ1n) is 11.6. The molecular weight excluding hydrogens is 432 g/mol. The van der Waals surface area contributed by atoms with Gasteiger partial charge in [0.1, 0.15) is 12.6 Å². The summed E-state index contributed by atoms with van der Waals surface area (Å²) in [6.07, 6.45) is -0.883. The van der Waals surface area contributed by atoms with Gasteiger partial charge in [-0.25, -0.2) is 4.79 Å². The van der Waals surface area contributed by atoms with Crippen LogP contribution in [0.1, 0.15) is 58.1 Å². The van der Waals surface area contributed by atoms with Gasteiger partial charge in [-0.1, -0.05) is 83.1 Å². The van der Waals surface area contributed by atoms with Crippen molar-refractivity contribution in [3.63, 3.8) is 0 Å². The number of benzene rings is 2. The maximum atomic E-state index is 13.0. The first-order chi connectivity index (χ1) is 16.0. The van der Waals surface area contributed by atoms with Crippen molar-refractivity contribution in [3.05, 3.63) is 59.7 Å². The summed E-state index contributed by atoms with van der Waals surface area (Å²) in [5, 5.41) is 14.7. The van der Waals surface area contributed by atoms with Gasteiger partial charge in [0.15, 0.2) is 0 Å². The van der Waals surface area contributed by atoms with Crippen LogP contribution >= 0.6 is 0 Å². The number of amides is 2. The topological polar surface area (TPSA) is 105 Å². The van der Waals surface area contributed by atoms with E-state index in [9.17, 15) is 19.5 Å². The summed E-state index contributed by atoms with van der Waals surface area (Å²) >= 11 is 0. The van der Waals surface area contributed by atoms with Gasteiger partial charge in [0, 0.05) is 12.0 Å². The van der Waals surface area contributed by atoms with Crippen LogP contribution in [-0.4, -0.2) is 41.8 Å². The summed E-state index contributed by atoms with van der Waals surface area (Å²) in [4.78, 5) is 36.9. The molecule has 7 heteroatoms. The molecule has 2 aromatic rings. The zero-order valence-electron chi connectivity index (χ0n) is 20.4. The van der Waals surface area contributed by atoms with Gasteiger partial charge >= 0.3 is 12.1 Å². The lowest BCUT2D eigenvalue weighted by atomic mass is 9.84. The number of hydrogen-bond acceptors (Lipinski definition) is 4. The lowest BCUT2D eigenvalue weighted by Crippen LogP contribution is -2.55. The van der Waals surface area contributed by atoms with Gasteiger partial charge in [-0.3, -0.25) is 9.59 Å². The number of fused-ring (bicyclic) bond motifs is 3. The number of carbonyl (C=O) groups is 3. The fraction of sp³-hybridized carbons (Fsp3) is 0.444. The molecule has 0 heterocycles. The zero-order valence-corrected chi connectivity index (χ0v) is 20.4. The van der Waals surface area contributed by atoms with Crippen molar-refractivity contribution in [1.82, 2.24) is 10.6 Å². The Morgan fingerprint density at radius 1 is 0.941 bits per heavy atom. The minimum atomic E-state index is -0.995. The monoisotopic (exact) mass is 466 g/mol. The molecule has 0 fully saturated rings. The Labute approximate surface area is 200 Å². The number of carbonyl (C=O) groups excluding carboxylic acids is 2. The number of rotatable bonds is 8. The van der Waals surface area contributed by atoms with E-state index in [1.54, 1.807) is 0 Å². The standard InChI is InChI=1S/C27H34N2O5/c1-16(2)24(25(32)28-22(14-23(30)31)27(3,4)5)29-26(33)34-15-21-19-12-8-6-10-17(19)18-11-7-9-13-20(18)21/h6-13,16,21-22,24H,14-15H2,1-5H3,(H,28,32)(H,29,33)(H,30,31)/t22?,24-/m0/s1. The van der Waals surface area contributed by atoms with E-state index in [1.807, 2.05) is 71.0 Å². The van der Waals surface area contributed by atoms with Gasteiger partial charge in [-0.2, -0.15) is 0 Å². The van der Waals surface area contributed by atoms with E-state index in [4.69, 9.17) is 4.74 Å². The molecular formula is C27H34N2O5. The van der Waals surface area contributed by atoms with Crippen LogP contribution in [0.3, 0.4) is 0 Å². The summed E-state index contributed by atoms with van der Waals surface area (Å²) in [7, 11) is 0. The highest BCUT2D eigenvalue weighted by Gasteiger charge is 2.33. The molecule has 2 atom stereocenters. The average Bonchev–Trinajstić information content (AvgIpc) is 3.08. The number of nitrogens with one attached hydrogen (secondary N) is 2.